The second kappa shape index (κ2) is 9.85. The molecular weight excluding hydrogens is 396 g/mol. The van der Waals surface area contributed by atoms with Crippen LogP contribution in [-0.4, -0.2) is 40.1 Å². The van der Waals surface area contributed by atoms with Gasteiger partial charge in [-0.15, -0.1) is 6.58 Å². The molecule has 8 nitrogen and oxygen atoms in total. The molecule has 0 saturated carbocycles. The van der Waals surface area contributed by atoms with Gasteiger partial charge in [-0.05, 0) is 43.3 Å². The molecule has 0 spiro atoms. The van der Waals surface area contributed by atoms with Gasteiger partial charge in [-0.1, -0.05) is 12.1 Å². The molecule has 0 bridgehead atoms. The molecule has 1 amide bonds. The highest BCUT2D eigenvalue weighted by atomic mass is 32.2. The van der Waals surface area contributed by atoms with E-state index in [1.807, 2.05) is 0 Å². The molecule has 29 heavy (non-hydrogen) atoms. The first-order chi connectivity index (χ1) is 13.8. The summed E-state index contributed by atoms with van der Waals surface area (Å²) in [6, 6.07) is 11.9. The first kappa shape index (κ1) is 22.1. The fourth-order valence-electron chi connectivity index (χ4n) is 2.25. The highest BCUT2D eigenvalue weighted by molar-refractivity contribution is 7.89. The quantitative estimate of drug-likeness (QED) is 0.478. The van der Waals surface area contributed by atoms with Gasteiger partial charge in [0.2, 0.25) is 10.0 Å². The lowest BCUT2D eigenvalue weighted by molar-refractivity contribution is -0.123. The Morgan fingerprint density at radius 2 is 1.86 bits per heavy atom. The molecule has 0 aromatic heterocycles. The van der Waals surface area contributed by atoms with Crippen LogP contribution in [0.4, 0.5) is 5.69 Å². The van der Waals surface area contributed by atoms with E-state index in [-0.39, 0.29) is 17.0 Å². The highest BCUT2D eigenvalue weighted by Gasteiger charge is 2.20. The van der Waals surface area contributed by atoms with Crippen molar-refractivity contribution in [2.45, 2.75) is 17.9 Å². The van der Waals surface area contributed by atoms with E-state index in [1.165, 1.54) is 44.4 Å². The molecule has 0 radical (unpaired) electrons. The van der Waals surface area contributed by atoms with E-state index < -0.39 is 28.0 Å². The average molecular weight is 418 g/mol. The predicted molar refractivity (Wildman–Crippen MR) is 108 cm³/mol. The van der Waals surface area contributed by atoms with Crippen LogP contribution in [-0.2, 0) is 19.6 Å². The summed E-state index contributed by atoms with van der Waals surface area (Å²) in [4.78, 5) is 24.5. The van der Waals surface area contributed by atoms with Crippen molar-refractivity contribution in [3.05, 3.63) is 66.7 Å². The topological polar surface area (TPSA) is 111 Å². The van der Waals surface area contributed by atoms with Crippen molar-refractivity contribution >= 4 is 27.6 Å². The van der Waals surface area contributed by atoms with Crippen molar-refractivity contribution in [2.24, 2.45) is 0 Å². The number of benzene rings is 2. The van der Waals surface area contributed by atoms with Crippen LogP contribution >= 0.6 is 0 Å². The molecule has 0 saturated heterocycles. The lowest BCUT2D eigenvalue weighted by Gasteiger charge is -2.14. The fourth-order valence-corrected chi connectivity index (χ4v) is 3.25. The van der Waals surface area contributed by atoms with Gasteiger partial charge in [0.25, 0.3) is 5.91 Å². The number of carbonyl (C=O) groups is 2. The number of hydrogen-bond acceptors (Lipinski definition) is 6. The zero-order chi connectivity index (χ0) is 21.4. The van der Waals surface area contributed by atoms with E-state index >= 15 is 0 Å². The minimum Gasteiger partial charge on any atom is -0.497 e. The minimum absolute atomic E-state index is 0.000263. The van der Waals surface area contributed by atoms with Crippen molar-refractivity contribution in [2.75, 3.05) is 19.0 Å². The van der Waals surface area contributed by atoms with Gasteiger partial charge >= 0.3 is 5.97 Å². The van der Waals surface area contributed by atoms with Gasteiger partial charge in [0.15, 0.2) is 6.10 Å². The summed E-state index contributed by atoms with van der Waals surface area (Å²) in [6.07, 6.45) is 0.354. The van der Waals surface area contributed by atoms with Crippen molar-refractivity contribution < 1.29 is 27.5 Å². The zero-order valence-corrected chi connectivity index (χ0v) is 16.9. The van der Waals surface area contributed by atoms with Crippen LogP contribution in [0.2, 0.25) is 0 Å². The van der Waals surface area contributed by atoms with E-state index in [2.05, 4.69) is 16.6 Å². The lowest BCUT2D eigenvalue weighted by atomic mass is 10.2. The van der Waals surface area contributed by atoms with Crippen LogP contribution in [0.3, 0.4) is 0 Å². The predicted octanol–water partition coefficient (Wildman–Crippen LogP) is 2.34. The van der Waals surface area contributed by atoms with Crippen molar-refractivity contribution in [3.63, 3.8) is 0 Å². The van der Waals surface area contributed by atoms with Gasteiger partial charge in [-0.25, -0.2) is 17.9 Å². The summed E-state index contributed by atoms with van der Waals surface area (Å²) in [5.41, 5.74) is 0.618. The number of methoxy groups -OCH3 is 1. The molecule has 9 heteroatoms. The third kappa shape index (κ3) is 6.16. The first-order valence-corrected chi connectivity index (χ1v) is 10.1. The summed E-state index contributed by atoms with van der Waals surface area (Å²) in [5.74, 6) is -0.689. The van der Waals surface area contributed by atoms with E-state index in [0.717, 1.165) is 0 Å². The maximum absolute atomic E-state index is 12.2. The standard InChI is InChI=1S/C20H22N2O6S/c1-4-12-21-29(25,26)18-10-8-15(9-11-18)20(24)28-14(2)19(23)22-16-6-5-7-17(13-16)27-3/h4-11,13-14,21H,1,12H2,2-3H3,(H,22,23)/t14-/m1/s1. The Labute approximate surface area is 169 Å². The van der Waals surface area contributed by atoms with Gasteiger partial charge in [0.05, 0.1) is 17.6 Å². The largest absolute Gasteiger partial charge is 0.497 e. The van der Waals surface area contributed by atoms with Crippen LogP contribution in [0.25, 0.3) is 0 Å². The Bertz CT molecular complexity index is 986. The van der Waals surface area contributed by atoms with Crippen LogP contribution < -0.4 is 14.8 Å². The number of ether oxygens (including phenoxy) is 2. The Morgan fingerprint density at radius 1 is 1.17 bits per heavy atom. The number of sulfonamides is 1. The smallest absolute Gasteiger partial charge is 0.338 e. The number of rotatable bonds is 9. The SMILES string of the molecule is C=CCNS(=O)(=O)c1ccc(C(=O)O[C@H](C)C(=O)Nc2cccc(OC)c2)cc1. The molecule has 0 unspecified atom stereocenters. The van der Waals surface area contributed by atoms with E-state index in [9.17, 15) is 18.0 Å². The minimum atomic E-state index is -3.69. The Balaban J connectivity index is 1.99. The highest BCUT2D eigenvalue weighted by Crippen LogP contribution is 2.17. The van der Waals surface area contributed by atoms with Crippen LogP contribution in [0, 0.1) is 0 Å². The maximum atomic E-state index is 12.2. The van der Waals surface area contributed by atoms with E-state index in [0.29, 0.717) is 11.4 Å². The molecule has 2 rings (SSSR count). The molecule has 2 aromatic rings. The number of amides is 1. The third-order valence-electron chi connectivity index (χ3n) is 3.81. The normalized spacial score (nSPS) is 11.9. The molecule has 2 aromatic carbocycles. The van der Waals surface area contributed by atoms with Crippen molar-refractivity contribution in [3.8, 4) is 5.75 Å². The number of anilines is 1. The molecule has 0 fully saturated rings. The monoisotopic (exact) mass is 418 g/mol. The summed E-state index contributed by atoms with van der Waals surface area (Å²) in [7, 11) is -2.18. The number of nitrogens with one attached hydrogen (secondary N) is 2. The summed E-state index contributed by atoms with van der Waals surface area (Å²) in [5, 5.41) is 2.63. The third-order valence-corrected chi connectivity index (χ3v) is 5.25. The van der Waals surface area contributed by atoms with Gasteiger partial charge < -0.3 is 14.8 Å². The average Bonchev–Trinajstić information content (AvgIpc) is 2.72. The number of esters is 1. The second-order valence-corrected chi connectivity index (χ2v) is 7.70. The van der Waals surface area contributed by atoms with Gasteiger partial charge in [-0.3, -0.25) is 4.79 Å². The Kier molecular flexibility index (Phi) is 7.52. The second-order valence-electron chi connectivity index (χ2n) is 5.93. The number of hydrogen-bond donors (Lipinski definition) is 2. The lowest BCUT2D eigenvalue weighted by Crippen LogP contribution is -2.30. The molecule has 0 heterocycles. The van der Waals surface area contributed by atoms with Crippen LogP contribution in [0.5, 0.6) is 5.75 Å². The van der Waals surface area contributed by atoms with Gasteiger partial charge in [-0.2, -0.15) is 0 Å². The van der Waals surface area contributed by atoms with E-state index in [4.69, 9.17) is 9.47 Å². The van der Waals surface area contributed by atoms with Gasteiger partial charge in [0, 0.05) is 18.3 Å². The van der Waals surface area contributed by atoms with Crippen LogP contribution in [0.1, 0.15) is 17.3 Å². The number of carbonyl (C=O) groups excluding carboxylic acids is 2. The molecular formula is C20H22N2O6S. The first-order valence-electron chi connectivity index (χ1n) is 8.63. The summed E-state index contributed by atoms with van der Waals surface area (Å²) >= 11 is 0. The molecule has 0 aliphatic carbocycles. The summed E-state index contributed by atoms with van der Waals surface area (Å²) in [6.45, 7) is 4.97. The zero-order valence-electron chi connectivity index (χ0n) is 16.0. The Morgan fingerprint density at radius 3 is 2.48 bits per heavy atom. The van der Waals surface area contributed by atoms with Crippen molar-refractivity contribution in [1.82, 2.24) is 4.72 Å². The molecule has 1 atom stereocenters. The van der Waals surface area contributed by atoms with E-state index in [1.54, 1.807) is 24.3 Å². The summed E-state index contributed by atoms with van der Waals surface area (Å²) < 4.78 is 36.6. The van der Waals surface area contributed by atoms with Gasteiger partial charge in [0.1, 0.15) is 5.75 Å². The van der Waals surface area contributed by atoms with Crippen molar-refractivity contribution in [1.29, 1.82) is 0 Å². The molecule has 154 valence electrons. The Hall–Kier alpha value is -3.17. The molecule has 2 N–H and O–H groups in total. The fraction of sp³-hybridized carbons (Fsp3) is 0.200. The molecule has 0 aliphatic rings. The molecule has 0 aliphatic heterocycles. The van der Waals surface area contributed by atoms with Crippen LogP contribution in [0.15, 0.2) is 66.1 Å². The maximum Gasteiger partial charge on any atom is 0.338 e.